The number of halogens is 4. The van der Waals surface area contributed by atoms with Gasteiger partial charge in [-0.2, -0.15) is 13.2 Å². The summed E-state index contributed by atoms with van der Waals surface area (Å²) in [4.78, 5) is 18.6. The minimum absolute atomic E-state index is 0.113. The van der Waals surface area contributed by atoms with Crippen molar-refractivity contribution in [3.05, 3.63) is 59.4 Å². The summed E-state index contributed by atoms with van der Waals surface area (Å²) in [5, 5.41) is 7.70. The lowest BCUT2D eigenvalue weighted by Gasteiger charge is -2.29. The zero-order chi connectivity index (χ0) is 22.3. The van der Waals surface area contributed by atoms with Crippen molar-refractivity contribution in [3.8, 4) is 0 Å². The fourth-order valence-corrected chi connectivity index (χ4v) is 2.92. The highest BCUT2D eigenvalue weighted by atomic mass is 19.4. The first kappa shape index (κ1) is 23.5. The van der Waals surface area contributed by atoms with Gasteiger partial charge in [0.05, 0.1) is 17.6 Å². The maximum atomic E-state index is 13.1. The molecule has 30 heavy (non-hydrogen) atoms. The monoisotopic (exact) mass is 424 g/mol. The quantitative estimate of drug-likeness (QED) is 0.418. The van der Waals surface area contributed by atoms with Crippen molar-refractivity contribution in [3.63, 3.8) is 0 Å². The second kappa shape index (κ2) is 10.3. The number of H-pyrrole nitrogens is 1. The Labute approximate surface area is 172 Å². The summed E-state index contributed by atoms with van der Waals surface area (Å²) in [5.41, 5.74) is -1.66. The molecule has 9 heteroatoms. The average Bonchev–Trinajstić information content (AvgIpc) is 3.17. The van der Waals surface area contributed by atoms with E-state index in [-0.39, 0.29) is 11.3 Å². The van der Waals surface area contributed by atoms with E-state index in [9.17, 15) is 22.4 Å². The van der Waals surface area contributed by atoms with Crippen LogP contribution in [0, 0.1) is 11.2 Å². The molecule has 0 bridgehead atoms. The van der Waals surface area contributed by atoms with Gasteiger partial charge in [-0.15, -0.1) is 0 Å². The van der Waals surface area contributed by atoms with Crippen LogP contribution in [-0.2, 0) is 0 Å². The number of aromatic amines is 1. The Kier molecular flexibility index (Phi) is 8.05. The Hall–Kier alpha value is -2.81. The lowest BCUT2D eigenvalue weighted by molar-refractivity contribution is -0.0693. The van der Waals surface area contributed by atoms with Gasteiger partial charge in [0.25, 0.3) is 0 Å². The average molecular weight is 424 g/mol. The number of piperidine rings is 1. The summed E-state index contributed by atoms with van der Waals surface area (Å²) in [6.45, 7) is 3.61. The lowest BCUT2D eigenvalue weighted by atomic mass is 10.1. The third-order valence-electron chi connectivity index (χ3n) is 4.86. The number of rotatable bonds is 4. The van der Waals surface area contributed by atoms with Gasteiger partial charge in [0, 0.05) is 6.04 Å². The number of allylic oxidation sites excluding steroid dienone is 2. The number of benzene rings is 1. The van der Waals surface area contributed by atoms with Crippen LogP contribution in [0.25, 0.3) is 5.57 Å². The Bertz CT molecular complexity index is 877. The highest BCUT2D eigenvalue weighted by Crippen LogP contribution is 2.32. The van der Waals surface area contributed by atoms with E-state index in [1.165, 1.54) is 37.9 Å². The molecular formula is C21H24F4N4O. The minimum atomic E-state index is -4.77. The van der Waals surface area contributed by atoms with Gasteiger partial charge in [-0.05, 0) is 69.3 Å². The van der Waals surface area contributed by atoms with Crippen LogP contribution in [0.3, 0.4) is 0 Å². The topological polar surface area (TPSA) is 72.8 Å². The predicted octanol–water partition coefficient (Wildman–Crippen LogP) is 4.87. The third-order valence-corrected chi connectivity index (χ3v) is 4.86. The van der Waals surface area contributed by atoms with E-state index in [1.807, 2.05) is 0 Å². The van der Waals surface area contributed by atoms with E-state index >= 15 is 0 Å². The molecule has 0 amide bonds. The highest BCUT2D eigenvalue weighted by Gasteiger charge is 2.37. The van der Waals surface area contributed by atoms with Crippen LogP contribution in [0.1, 0.15) is 48.1 Å². The van der Waals surface area contributed by atoms with E-state index in [0.717, 1.165) is 24.4 Å². The van der Waals surface area contributed by atoms with Crippen LogP contribution in [0.4, 0.5) is 17.6 Å². The summed E-state index contributed by atoms with van der Waals surface area (Å²) >= 11 is 0. The van der Waals surface area contributed by atoms with Gasteiger partial charge in [0.1, 0.15) is 17.2 Å². The molecule has 1 saturated heterocycles. The Morgan fingerprint density at radius 2 is 1.93 bits per heavy atom. The van der Waals surface area contributed by atoms with Crippen LogP contribution in [0.5, 0.6) is 0 Å². The van der Waals surface area contributed by atoms with Crippen LogP contribution in [0.15, 0.2) is 36.5 Å². The molecule has 0 saturated carbocycles. The molecule has 3 rings (SSSR count). The molecule has 1 aliphatic heterocycles. The SMILES string of the molecule is CC1CCCCN1C.N=C(/C=C(\c1ncc(C=O)[nH]1)C(F)(F)F)c1ccc(F)cc1. The zero-order valence-corrected chi connectivity index (χ0v) is 16.8. The molecule has 2 N–H and O–H groups in total. The van der Waals surface area contributed by atoms with E-state index in [2.05, 4.69) is 28.8 Å². The minimum Gasteiger partial charge on any atom is -0.336 e. The molecule has 1 unspecified atom stereocenters. The van der Waals surface area contributed by atoms with E-state index in [4.69, 9.17) is 5.41 Å². The molecule has 1 atom stereocenters. The van der Waals surface area contributed by atoms with Gasteiger partial charge in [0.15, 0.2) is 6.29 Å². The molecule has 1 aliphatic rings. The molecule has 0 spiro atoms. The molecule has 1 aromatic heterocycles. The van der Waals surface area contributed by atoms with Crippen LogP contribution >= 0.6 is 0 Å². The van der Waals surface area contributed by atoms with Gasteiger partial charge in [-0.25, -0.2) is 9.37 Å². The van der Waals surface area contributed by atoms with Crippen LogP contribution < -0.4 is 0 Å². The van der Waals surface area contributed by atoms with Crippen molar-refractivity contribution in [2.45, 2.75) is 38.4 Å². The molecule has 5 nitrogen and oxygen atoms in total. The van der Waals surface area contributed by atoms with Crippen molar-refractivity contribution in [2.75, 3.05) is 13.6 Å². The number of hydrogen-bond donors (Lipinski definition) is 2. The van der Waals surface area contributed by atoms with Crippen LogP contribution in [0.2, 0.25) is 0 Å². The first-order chi connectivity index (χ1) is 14.1. The number of aldehydes is 1. The molecule has 1 fully saturated rings. The van der Waals surface area contributed by atoms with Crippen molar-refractivity contribution in [1.29, 1.82) is 5.41 Å². The summed E-state index contributed by atoms with van der Waals surface area (Å²) < 4.78 is 52.1. The standard InChI is InChI=1S/C14H9F4N3O.C7H15N/c15-9-3-1-8(2-4-9)12(19)5-11(14(16,17)18)13-20-6-10(7-22)21-13;1-7-5-3-4-6-8(7)2/h1-7,19H,(H,20,21);7H,3-6H2,1-2H3/b11-5+,19-12?;. The van der Waals surface area contributed by atoms with Crippen molar-refractivity contribution < 1.29 is 22.4 Å². The highest BCUT2D eigenvalue weighted by molar-refractivity contribution is 6.10. The normalized spacial score (nSPS) is 17.8. The van der Waals surface area contributed by atoms with Gasteiger partial charge >= 0.3 is 6.18 Å². The number of hydrogen-bond acceptors (Lipinski definition) is 4. The van der Waals surface area contributed by atoms with E-state index in [0.29, 0.717) is 12.4 Å². The Balaban J connectivity index is 0.000000335. The Morgan fingerprint density at radius 1 is 1.27 bits per heavy atom. The summed E-state index contributed by atoms with van der Waals surface area (Å²) in [6, 6.07) is 5.32. The second-order valence-electron chi connectivity index (χ2n) is 7.11. The molecule has 2 heterocycles. The lowest BCUT2D eigenvalue weighted by Crippen LogP contribution is -2.33. The number of likely N-dealkylation sites (tertiary alicyclic amines) is 1. The first-order valence-corrected chi connectivity index (χ1v) is 9.46. The number of aromatic nitrogens is 2. The van der Waals surface area contributed by atoms with Gasteiger partial charge in [0.2, 0.25) is 0 Å². The summed E-state index contributed by atoms with van der Waals surface area (Å²) in [5.74, 6) is -1.13. The summed E-state index contributed by atoms with van der Waals surface area (Å²) in [6.07, 6.45) is 1.33. The summed E-state index contributed by atoms with van der Waals surface area (Å²) in [7, 11) is 2.21. The second-order valence-corrected chi connectivity index (χ2v) is 7.11. The fraction of sp³-hybridized carbons (Fsp3) is 0.381. The van der Waals surface area contributed by atoms with Crippen molar-refractivity contribution in [1.82, 2.24) is 14.9 Å². The molecule has 162 valence electrons. The number of alkyl halides is 3. The van der Waals surface area contributed by atoms with Gasteiger partial charge in [-0.3, -0.25) is 4.79 Å². The van der Waals surface area contributed by atoms with Gasteiger partial charge < -0.3 is 15.3 Å². The first-order valence-electron chi connectivity index (χ1n) is 9.46. The number of carbonyl (C=O) groups excluding carboxylic acids is 1. The number of carbonyl (C=O) groups is 1. The molecule has 0 aliphatic carbocycles. The van der Waals surface area contributed by atoms with E-state index < -0.39 is 29.1 Å². The van der Waals surface area contributed by atoms with Gasteiger partial charge in [-0.1, -0.05) is 6.42 Å². The maximum Gasteiger partial charge on any atom is 0.420 e. The fourth-order valence-electron chi connectivity index (χ4n) is 2.92. The number of nitrogens with one attached hydrogen (secondary N) is 2. The molecule has 2 aromatic rings. The Morgan fingerprint density at radius 3 is 2.40 bits per heavy atom. The largest absolute Gasteiger partial charge is 0.420 e. The maximum absolute atomic E-state index is 13.1. The van der Waals surface area contributed by atoms with Crippen molar-refractivity contribution in [2.24, 2.45) is 0 Å². The third kappa shape index (κ3) is 6.62. The predicted molar refractivity (Wildman–Crippen MR) is 107 cm³/mol. The zero-order valence-electron chi connectivity index (χ0n) is 16.8. The number of nitrogens with zero attached hydrogens (tertiary/aromatic N) is 2. The van der Waals surface area contributed by atoms with E-state index in [1.54, 1.807) is 0 Å². The molecule has 1 aromatic carbocycles. The van der Waals surface area contributed by atoms with Crippen molar-refractivity contribution >= 4 is 17.6 Å². The molecule has 0 radical (unpaired) electrons. The smallest absolute Gasteiger partial charge is 0.336 e. The number of imidazole rings is 1. The molecular weight excluding hydrogens is 400 g/mol. The van der Waals surface area contributed by atoms with Crippen LogP contribution in [-0.4, -0.2) is 52.7 Å².